The summed E-state index contributed by atoms with van der Waals surface area (Å²) in [6.45, 7) is 0.934. The molecule has 0 unspecified atom stereocenters. The molecule has 0 aromatic carbocycles. The summed E-state index contributed by atoms with van der Waals surface area (Å²) in [5.41, 5.74) is 5.20. The normalized spacial score (nSPS) is 10.8. The molecule has 0 aliphatic carbocycles. The van der Waals surface area contributed by atoms with Gasteiger partial charge >= 0.3 is 0 Å². The summed E-state index contributed by atoms with van der Waals surface area (Å²) in [5, 5.41) is 8.28. The highest BCUT2D eigenvalue weighted by molar-refractivity contribution is 4.80. The number of aliphatic hydroxyl groups excluding tert-OH is 1. The van der Waals surface area contributed by atoms with Gasteiger partial charge in [0.2, 0.25) is 0 Å². The number of hydrogen-bond donors (Lipinski definition) is 2. The van der Waals surface area contributed by atoms with E-state index >= 15 is 0 Å². The molecule has 0 aromatic rings. The second-order valence-corrected chi connectivity index (χ2v) is 1.56. The predicted molar refractivity (Wildman–Crippen MR) is 34.5 cm³/mol. The molecule has 8 heavy (non-hydrogen) atoms. The van der Waals surface area contributed by atoms with Crippen LogP contribution in [0.1, 0.15) is 12.8 Å². The van der Waals surface area contributed by atoms with Crippen LogP contribution < -0.4 is 5.73 Å². The van der Waals surface area contributed by atoms with Gasteiger partial charge in [-0.2, -0.15) is 0 Å². The highest BCUT2D eigenvalue weighted by Gasteiger charge is 1.72. The maximum atomic E-state index is 8.28. The fourth-order valence-electron chi connectivity index (χ4n) is 0.406. The molecule has 0 fully saturated rings. The second kappa shape index (κ2) is 6.66. The van der Waals surface area contributed by atoms with Gasteiger partial charge in [-0.15, -0.1) is 0 Å². The largest absolute Gasteiger partial charge is 0.396 e. The summed E-state index contributed by atoms with van der Waals surface area (Å²) in [7, 11) is 0. The third kappa shape index (κ3) is 5.66. The molecule has 0 saturated carbocycles. The van der Waals surface area contributed by atoms with Crippen molar-refractivity contribution in [1.82, 2.24) is 0 Å². The zero-order chi connectivity index (χ0) is 6.24. The second-order valence-electron chi connectivity index (χ2n) is 1.56. The third-order valence-corrected chi connectivity index (χ3v) is 0.796. The topological polar surface area (TPSA) is 46.2 Å². The van der Waals surface area contributed by atoms with Crippen molar-refractivity contribution in [1.29, 1.82) is 0 Å². The van der Waals surface area contributed by atoms with Gasteiger partial charge in [-0.3, -0.25) is 0 Å². The Balaban J connectivity index is 2.83. The maximum Gasteiger partial charge on any atom is 0.0465 e. The smallest absolute Gasteiger partial charge is 0.0465 e. The highest BCUT2D eigenvalue weighted by Crippen LogP contribution is 1.82. The van der Waals surface area contributed by atoms with Crippen molar-refractivity contribution in [2.24, 2.45) is 5.73 Å². The molecule has 0 radical (unpaired) electrons. The first-order chi connectivity index (χ1) is 3.91. The molecule has 0 rings (SSSR count). The summed E-state index contributed by atoms with van der Waals surface area (Å²) in [4.78, 5) is 0. The Labute approximate surface area is 50.0 Å². The molecule has 0 saturated heterocycles. The van der Waals surface area contributed by atoms with E-state index in [2.05, 4.69) is 0 Å². The van der Waals surface area contributed by atoms with Gasteiger partial charge in [-0.05, 0) is 19.4 Å². The average molecular weight is 115 g/mol. The van der Waals surface area contributed by atoms with Crippen LogP contribution in [-0.2, 0) is 0 Å². The van der Waals surface area contributed by atoms with Crippen molar-refractivity contribution in [3.63, 3.8) is 0 Å². The van der Waals surface area contributed by atoms with Crippen LogP contribution in [0.4, 0.5) is 0 Å². The van der Waals surface area contributed by atoms with Gasteiger partial charge in [-0.25, -0.2) is 0 Å². The van der Waals surface area contributed by atoms with Gasteiger partial charge in [0.05, 0.1) is 0 Å². The molecule has 0 atom stereocenters. The minimum absolute atomic E-state index is 0.237. The Kier molecular flexibility index (Phi) is 6.38. The van der Waals surface area contributed by atoms with E-state index < -0.39 is 0 Å². The summed E-state index contributed by atoms with van der Waals surface area (Å²) >= 11 is 0. The summed E-state index contributed by atoms with van der Waals surface area (Å²) in [6, 6.07) is 0. The number of hydrogen-bond acceptors (Lipinski definition) is 2. The van der Waals surface area contributed by atoms with Crippen molar-refractivity contribution in [2.45, 2.75) is 12.8 Å². The van der Waals surface area contributed by atoms with Gasteiger partial charge in [0.1, 0.15) is 0 Å². The van der Waals surface area contributed by atoms with E-state index in [0.717, 1.165) is 12.8 Å². The lowest BCUT2D eigenvalue weighted by Gasteiger charge is -1.83. The molecule has 0 aliphatic heterocycles. The van der Waals surface area contributed by atoms with Crippen molar-refractivity contribution >= 4 is 0 Å². The predicted octanol–water partition coefficient (Wildman–Crippen LogP) is 0.274. The third-order valence-electron chi connectivity index (χ3n) is 0.796. The van der Waals surface area contributed by atoms with Crippen LogP contribution in [-0.4, -0.2) is 18.3 Å². The van der Waals surface area contributed by atoms with Gasteiger partial charge in [0.25, 0.3) is 0 Å². The Hall–Kier alpha value is -0.340. The van der Waals surface area contributed by atoms with Crippen LogP contribution in [0.2, 0.25) is 0 Å². The first-order valence-corrected chi connectivity index (χ1v) is 2.87. The number of aliphatic hydroxyl groups is 1. The van der Waals surface area contributed by atoms with Gasteiger partial charge in [-0.1, -0.05) is 12.2 Å². The molecule has 0 heterocycles. The van der Waals surface area contributed by atoms with Crippen LogP contribution in [0.3, 0.4) is 0 Å². The van der Waals surface area contributed by atoms with Crippen LogP contribution in [0, 0.1) is 0 Å². The molecule has 0 aromatic heterocycles. The summed E-state index contributed by atoms with van der Waals surface area (Å²) < 4.78 is 0. The molecule has 0 amide bonds. The van der Waals surface area contributed by atoms with E-state index in [1.54, 1.807) is 0 Å². The van der Waals surface area contributed by atoms with Crippen LogP contribution in [0.15, 0.2) is 12.2 Å². The molecule has 0 aliphatic rings. The van der Waals surface area contributed by atoms with E-state index in [-0.39, 0.29) is 6.61 Å². The highest BCUT2D eigenvalue weighted by atomic mass is 16.2. The molecule has 2 heteroatoms. The van der Waals surface area contributed by atoms with E-state index in [1.165, 1.54) is 0 Å². The van der Waals surface area contributed by atoms with Crippen molar-refractivity contribution < 1.29 is 5.11 Å². The molecule has 2 nitrogen and oxygen atoms in total. The van der Waals surface area contributed by atoms with Gasteiger partial charge in [0, 0.05) is 6.61 Å². The van der Waals surface area contributed by atoms with E-state index in [9.17, 15) is 0 Å². The van der Waals surface area contributed by atoms with E-state index in [4.69, 9.17) is 10.8 Å². The number of nitrogens with two attached hydrogens (primary N) is 1. The van der Waals surface area contributed by atoms with Crippen molar-refractivity contribution in [2.75, 3.05) is 13.2 Å². The van der Waals surface area contributed by atoms with Crippen molar-refractivity contribution in [3.8, 4) is 0 Å². The fraction of sp³-hybridized carbons (Fsp3) is 0.667. The molecule has 3 N–H and O–H groups in total. The van der Waals surface area contributed by atoms with Gasteiger partial charge in [0.15, 0.2) is 0 Å². The molecular weight excluding hydrogens is 102 g/mol. The summed E-state index contributed by atoms with van der Waals surface area (Å²) in [6.07, 6.45) is 5.59. The monoisotopic (exact) mass is 115 g/mol. The quantitative estimate of drug-likeness (QED) is 0.517. The minimum atomic E-state index is 0.237. The van der Waals surface area contributed by atoms with Crippen molar-refractivity contribution in [3.05, 3.63) is 12.2 Å². The maximum absolute atomic E-state index is 8.28. The van der Waals surface area contributed by atoms with Crippen LogP contribution in [0.5, 0.6) is 0 Å². The Morgan fingerprint density at radius 3 is 2.38 bits per heavy atom. The lowest BCUT2D eigenvalue weighted by Crippen LogP contribution is -1.95. The minimum Gasteiger partial charge on any atom is -0.396 e. The number of rotatable bonds is 4. The van der Waals surface area contributed by atoms with Crippen LogP contribution >= 0.6 is 0 Å². The van der Waals surface area contributed by atoms with Gasteiger partial charge < -0.3 is 10.8 Å². The first-order valence-electron chi connectivity index (χ1n) is 2.87. The average Bonchev–Trinajstić information content (AvgIpc) is 1.81. The molecule has 0 spiro atoms. The Morgan fingerprint density at radius 2 is 1.88 bits per heavy atom. The zero-order valence-electron chi connectivity index (χ0n) is 5.01. The van der Waals surface area contributed by atoms with Crippen LogP contribution in [0.25, 0.3) is 0 Å². The fourth-order valence-corrected chi connectivity index (χ4v) is 0.406. The lowest BCUT2D eigenvalue weighted by molar-refractivity contribution is 0.302. The Bertz CT molecular complexity index is 53.5. The Morgan fingerprint density at radius 1 is 1.25 bits per heavy atom. The lowest BCUT2D eigenvalue weighted by atomic mass is 10.3. The molecule has 0 bridgehead atoms. The summed E-state index contributed by atoms with van der Waals surface area (Å²) in [5.74, 6) is 0. The van der Waals surface area contributed by atoms with E-state index in [1.807, 2.05) is 12.2 Å². The molecular formula is C6H13NO. The zero-order valence-corrected chi connectivity index (χ0v) is 5.01. The first kappa shape index (κ1) is 7.66. The standard InChI is InChI=1S/C6H13NO/c7-5-3-1-2-4-6-8/h1-2,8H,3-7H2/b2-1+. The SMILES string of the molecule is NCC/C=C/CCO. The molecule has 48 valence electrons. The van der Waals surface area contributed by atoms with E-state index in [0.29, 0.717) is 6.54 Å².